The summed E-state index contributed by atoms with van der Waals surface area (Å²) in [6, 6.07) is 3.35. The highest BCUT2D eigenvalue weighted by Gasteiger charge is 2.65. The second-order valence-corrected chi connectivity index (χ2v) is 10.8. The molecule has 1 spiro atoms. The summed E-state index contributed by atoms with van der Waals surface area (Å²) in [5.74, 6) is -0.0848. The van der Waals surface area contributed by atoms with Crippen LogP contribution in [0.25, 0.3) is 0 Å². The van der Waals surface area contributed by atoms with Gasteiger partial charge < -0.3 is 15.5 Å². The lowest BCUT2D eigenvalue weighted by atomic mass is 9.65. The number of carbonyl (C=O) groups is 2. The molecule has 2 atom stereocenters. The zero-order valence-electron chi connectivity index (χ0n) is 17.4. The van der Waals surface area contributed by atoms with Crippen molar-refractivity contribution in [2.75, 3.05) is 44.8 Å². The predicted octanol–water partition coefficient (Wildman–Crippen LogP) is 1.11. The molecule has 0 bridgehead atoms. The van der Waals surface area contributed by atoms with Crippen LogP contribution in [0.5, 0.6) is 0 Å². The van der Waals surface area contributed by atoms with Gasteiger partial charge in [-0.3, -0.25) is 9.78 Å². The Hall–Kier alpha value is -2.20. The molecule has 30 heavy (non-hydrogen) atoms. The van der Waals surface area contributed by atoms with Crippen LogP contribution >= 0.6 is 0 Å². The van der Waals surface area contributed by atoms with Crippen LogP contribution in [0.15, 0.2) is 24.5 Å². The second-order valence-electron chi connectivity index (χ2n) is 8.86. The minimum absolute atomic E-state index is 0.0231. The number of fused-ring (bicyclic) bond motifs is 2. The topological polar surface area (TPSA) is 112 Å². The summed E-state index contributed by atoms with van der Waals surface area (Å²) in [5.41, 5.74) is -0.0759. The molecule has 1 aromatic rings. The number of rotatable bonds is 3. The van der Waals surface area contributed by atoms with E-state index in [9.17, 15) is 18.0 Å². The summed E-state index contributed by atoms with van der Waals surface area (Å²) in [6.45, 7) is 1.83. The summed E-state index contributed by atoms with van der Waals surface area (Å²) in [5, 5.41) is 5.67. The SMILES string of the molecule is CNC(=O)[C@]12CCC3(CCN(C(=O)Nc4ccncc4)CC3)[C@H]1CN(S(C)(=O)=O)C2. The van der Waals surface area contributed by atoms with Crippen molar-refractivity contribution in [1.82, 2.24) is 19.5 Å². The van der Waals surface area contributed by atoms with Gasteiger partial charge >= 0.3 is 6.03 Å². The summed E-state index contributed by atoms with van der Waals surface area (Å²) in [4.78, 5) is 31.3. The Morgan fingerprint density at radius 3 is 2.40 bits per heavy atom. The van der Waals surface area contributed by atoms with Gasteiger partial charge in [-0.1, -0.05) is 0 Å². The Morgan fingerprint density at radius 2 is 1.80 bits per heavy atom. The molecule has 2 saturated heterocycles. The van der Waals surface area contributed by atoms with E-state index in [2.05, 4.69) is 15.6 Å². The summed E-state index contributed by atoms with van der Waals surface area (Å²) < 4.78 is 25.9. The molecule has 10 heteroatoms. The van der Waals surface area contributed by atoms with Gasteiger partial charge in [-0.25, -0.2) is 17.5 Å². The van der Waals surface area contributed by atoms with Gasteiger partial charge in [0.1, 0.15) is 0 Å². The van der Waals surface area contributed by atoms with E-state index in [-0.39, 0.29) is 29.8 Å². The van der Waals surface area contributed by atoms with Crippen LogP contribution in [0.4, 0.5) is 10.5 Å². The van der Waals surface area contributed by atoms with Crippen molar-refractivity contribution >= 4 is 27.6 Å². The number of nitrogens with one attached hydrogen (secondary N) is 2. The highest BCUT2D eigenvalue weighted by atomic mass is 32.2. The quantitative estimate of drug-likeness (QED) is 0.739. The van der Waals surface area contributed by atoms with Crippen molar-refractivity contribution in [1.29, 1.82) is 0 Å². The van der Waals surface area contributed by atoms with Crippen molar-refractivity contribution in [3.63, 3.8) is 0 Å². The van der Waals surface area contributed by atoms with Crippen LogP contribution in [0, 0.1) is 16.7 Å². The first-order valence-corrected chi connectivity index (χ1v) is 12.2. The lowest BCUT2D eigenvalue weighted by Crippen LogP contribution is -2.50. The molecule has 2 aliphatic heterocycles. The lowest BCUT2D eigenvalue weighted by molar-refractivity contribution is -0.132. The number of pyridine rings is 1. The molecule has 0 radical (unpaired) electrons. The number of anilines is 1. The Balaban J connectivity index is 1.49. The van der Waals surface area contributed by atoms with Gasteiger partial charge in [-0.15, -0.1) is 0 Å². The second kappa shape index (κ2) is 7.49. The van der Waals surface area contributed by atoms with E-state index in [0.717, 1.165) is 19.3 Å². The van der Waals surface area contributed by atoms with Crippen molar-refractivity contribution < 1.29 is 18.0 Å². The highest BCUT2D eigenvalue weighted by molar-refractivity contribution is 7.88. The molecule has 3 heterocycles. The first kappa shape index (κ1) is 21.0. The van der Waals surface area contributed by atoms with Crippen LogP contribution in [0.1, 0.15) is 25.7 Å². The average Bonchev–Trinajstić information content (AvgIpc) is 3.26. The van der Waals surface area contributed by atoms with Crippen LogP contribution in [-0.4, -0.2) is 74.0 Å². The van der Waals surface area contributed by atoms with E-state index in [4.69, 9.17) is 0 Å². The van der Waals surface area contributed by atoms with E-state index in [1.807, 2.05) is 0 Å². The number of piperidine rings is 1. The van der Waals surface area contributed by atoms with Crippen molar-refractivity contribution in [2.24, 2.45) is 16.7 Å². The predicted molar refractivity (Wildman–Crippen MR) is 112 cm³/mol. The molecule has 3 amide bonds. The maximum absolute atomic E-state index is 12.9. The van der Waals surface area contributed by atoms with Crippen molar-refractivity contribution in [3.05, 3.63) is 24.5 Å². The first-order valence-electron chi connectivity index (χ1n) is 10.3. The van der Waals surface area contributed by atoms with Gasteiger partial charge in [-0.2, -0.15) is 0 Å². The lowest BCUT2D eigenvalue weighted by Gasteiger charge is -2.44. The van der Waals surface area contributed by atoms with Gasteiger partial charge in [0.25, 0.3) is 0 Å². The number of carbonyl (C=O) groups excluding carboxylic acids is 2. The van der Waals surface area contributed by atoms with Gasteiger partial charge in [0, 0.05) is 51.3 Å². The molecule has 1 aromatic heterocycles. The number of hydrogen-bond donors (Lipinski definition) is 2. The maximum Gasteiger partial charge on any atom is 0.321 e. The van der Waals surface area contributed by atoms with E-state index < -0.39 is 15.4 Å². The molecule has 1 aliphatic carbocycles. The molecule has 2 N–H and O–H groups in total. The molecule has 4 rings (SSSR count). The third-order valence-corrected chi connectivity index (χ3v) is 8.66. The fourth-order valence-corrected chi connectivity index (χ4v) is 6.67. The molecule has 9 nitrogen and oxygen atoms in total. The van der Waals surface area contributed by atoms with Gasteiger partial charge in [-0.05, 0) is 49.1 Å². The summed E-state index contributed by atoms with van der Waals surface area (Å²) >= 11 is 0. The number of likely N-dealkylation sites (tertiary alicyclic amines) is 1. The van der Waals surface area contributed by atoms with Gasteiger partial charge in [0.15, 0.2) is 0 Å². The van der Waals surface area contributed by atoms with Crippen LogP contribution in [-0.2, 0) is 14.8 Å². The van der Waals surface area contributed by atoms with Crippen LogP contribution < -0.4 is 10.6 Å². The molecule has 0 unspecified atom stereocenters. The van der Waals surface area contributed by atoms with Crippen molar-refractivity contribution in [2.45, 2.75) is 25.7 Å². The van der Waals surface area contributed by atoms with Crippen molar-refractivity contribution in [3.8, 4) is 0 Å². The van der Waals surface area contributed by atoms with E-state index >= 15 is 0 Å². The fraction of sp³-hybridized carbons (Fsp3) is 0.650. The summed E-state index contributed by atoms with van der Waals surface area (Å²) in [7, 11) is -1.75. The minimum Gasteiger partial charge on any atom is -0.359 e. The Labute approximate surface area is 177 Å². The standard InChI is InChI=1S/C20H29N5O4S/c1-21-17(26)20-6-5-19(16(20)13-25(14-20)30(2,28)29)7-11-24(12-8-19)18(27)23-15-3-9-22-10-4-15/h3-4,9-10,16H,5-8,11-14H2,1-2H3,(H,21,26)(H,22,23,27)/t16-,20+/m1/s1. The summed E-state index contributed by atoms with van der Waals surface area (Å²) in [6.07, 6.45) is 7.60. The molecule has 3 fully saturated rings. The zero-order chi connectivity index (χ0) is 21.6. The third kappa shape index (κ3) is 3.45. The number of amides is 3. The average molecular weight is 436 g/mol. The van der Waals surface area contributed by atoms with E-state index in [0.29, 0.717) is 31.7 Å². The zero-order valence-corrected chi connectivity index (χ0v) is 18.2. The van der Waals surface area contributed by atoms with E-state index in [1.54, 1.807) is 36.5 Å². The number of urea groups is 1. The van der Waals surface area contributed by atoms with Crippen LogP contribution in [0.3, 0.4) is 0 Å². The Bertz CT molecular complexity index is 930. The molecule has 164 valence electrons. The van der Waals surface area contributed by atoms with Gasteiger partial charge in [0.2, 0.25) is 15.9 Å². The highest BCUT2D eigenvalue weighted by Crippen LogP contribution is 2.62. The third-order valence-electron chi connectivity index (χ3n) is 7.45. The number of sulfonamides is 1. The smallest absolute Gasteiger partial charge is 0.321 e. The maximum atomic E-state index is 12.9. The minimum atomic E-state index is -3.36. The molecular weight excluding hydrogens is 406 g/mol. The van der Waals surface area contributed by atoms with E-state index in [1.165, 1.54) is 10.6 Å². The molecular formula is C20H29N5O4S. The fourth-order valence-electron chi connectivity index (χ4n) is 5.78. The van der Waals surface area contributed by atoms with Crippen LogP contribution in [0.2, 0.25) is 0 Å². The number of nitrogens with zero attached hydrogens (tertiary/aromatic N) is 3. The normalized spacial score (nSPS) is 28.3. The number of hydrogen-bond acceptors (Lipinski definition) is 5. The molecule has 1 saturated carbocycles. The first-order chi connectivity index (χ1) is 14.2. The Morgan fingerprint density at radius 1 is 1.13 bits per heavy atom. The van der Waals surface area contributed by atoms with Gasteiger partial charge in [0.05, 0.1) is 11.7 Å². The molecule has 0 aromatic carbocycles. The Kier molecular flexibility index (Phi) is 5.26. The largest absolute Gasteiger partial charge is 0.359 e. The number of aromatic nitrogens is 1. The monoisotopic (exact) mass is 435 g/mol. The molecule has 3 aliphatic rings.